The van der Waals surface area contributed by atoms with Crippen molar-refractivity contribution in [2.24, 2.45) is 5.92 Å². The van der Waals surface area contributed by atoms with Gasteiger partial charge in [-0.05, 0) is 60.7 Å². The molecule has 1 heterocycles. The Morgan fingerprint density at radius 2 is 1.84 bits per heavy atom. The van der Waals surface area contributed by atoms with Crippen LogP contribution in [0.5, 0.6) is 5.75 Å². The van der Waals surface area contributed by atoms with E-state index in [2.05, 4.69) is 42.8 Å². The quantitative estimate of drug-likeness (QED) is 0.529. The fraction of sp³-hybridized carbons (Fsp3) is 0.308. The molecule has 6 heteroatoms. The zero-order valence-electron chi connectivity index (χ0n) is 18.4. The highest BCUT2D eigenvalue weighted by Gasteiger charge is 2.38. The molecule has 0 radical (unpaired) electrons. The molecule has 168 valence electrons. The predicted molar refractivity (Wildman–Crippen MR) is 130 cm³/mol. The Bertz CT molecular complexity index is 1110. The van der Waals surface area contributed by atoms with E-state index in [-0.39, 0.29) is 25.0 Å². The van der Waals surface area contributed by atoms with Gasteiger partial charge in [0.2, 0.25) is 10.0 Å². The van der Waals surface area contributed by atoms with E-state index in [4.69, 9.17) is 4.74 Å². The minimum atomic E-state index is -3.64. The summed E-state index contributed by atoms with van der Waals surface area (Å²) in [6.45, 7) is 10.5. The molecule has 0 saturated carbocycles. The van der Waals surface area contributed by atoms with Gasteiger partial charge >= 0.3 is 0 Å². The number of rotatable bonds is 9. The normalized spacial score (nSPS) is 21.5. The van der Waals surface area contributed by atoms with Crippen LogP contribution in [-0.4, -0.2) is 32.4 Å². The minimum Gasteiger partial charge on any atom is -0.494 e. The van der Waals surface area contributed by atoms with Gasteiger partial charge in [0.05, 0.1) is 17.5 Å². The topological polar surface area (TPSA) is 58.6 Å². The van der Waals surface area contributed by atoms with Gasteiger partial charge in [0.25, 0.3) is 0 Å². The van der Waals surface area contributed by atoms with Crippen molar-refractivity contribution >= 4 is 15.7 Å². The molecule has 3 unspecified atom stereocenters. The lowest BCUT2D eigenvalue weighted by Crippen LogP contribution is -2.32. The second kappa shape index (κ2) is 9.35. The average molecular weight is 451 g/mol. The molecule has 5 nitrogen and oxygen atoms in total. The van der Waals surface area contributed by atoms with E-state index in [9.17, 15) is 8.42 Å². The van der Waals surface area contributed by atoms with Crippen molar-refractivity contribution in [2.45, 2.75) is 30.2 Å². The van der Waals surface area contributed by atoms with Crippen LogP contribution in [0.2, 0.25) is 0 Å². The number of allylic oxidation sites excluding steroid dienone is 2. The zero-order valence-corrected chi connectivity index (χ0v) is 19.2. The number of sulfonamides is 1. The lowest BCUT2D eigenvalue weighted by atomic mass is 9.77. The number of nitrogens with zero attached hydrogens (tertiary/aromatic N) is 1. The van der Waals surface area contributed by atoms with Crippen molar-refractivity contribution in [1.82, 2.24) is 4.31 Å². The van der Waals surface area contributed by atoms with Gasteiger partial charge in [0.15, 0.2) is 0 Å². The molecule has 0 saturated heterocycles. The molecule has 1 aliphatic carbocycles. The van der Waals surface area contributed by atoms with Crippen LogP contribution < -0.4 is 10.1 Å². The molecule has 2 aromatic carbocycles. The number of ether oxygens (including phenoxy) is 1. The summed E-state index contributed by atoms with van der Waals surface area (Å²) in [5.41, 5.74) is 3.22. The lowest BCUT2D eigenvalue weighted by molar-refractivity contribution is 0.340. The third kappa shape index (κ3) is 4.12. The molecule has 4 rings (SSSR count). The van der Waals surface area contributed by atoms with E-state index in [1.807, 2.05) is 31.2 Å². The van der Waals surface area contributed by atoms with Gasteiger partial charge in [-0.15, -0.1) is 13.2 Å². The molecule has 1 N–H and O–H groups in total. The van der Waals surface area contributed by atoms with Gasteiger partial charge in [-0.2, -0.15) is 4.31 Å². The molecule has 0 fully saturated rings. The van der Waals surface area contributed by atoms with Crippen molar-refractivity contribution in [3.63, 3.8) is 0 Å². The summed E-state index contributed by atoms with van der Waals surface area (Å²) in [4.78, 5) is 0.306. The summed E-state index contributed by atoms with van der Waals surface area (Å²) in [5, 5.41) is 3.67. The van der Waals surface area contributed by atoms with Gasteiger partial charge in [-0.25, -0.2) is 8.42 Å². The molecular weight excluding hydrogens is 420 g/mol. The van der Waals surface area contributed by atoms with E-state index < -0.39 is 10.0 Å². The maximum Gasteiger partial charge on any atom is 0.243 e. The molecule has 2 aromatic rings. The molecule has 32 heavy (non-hydrogen) atoms. The first-order valence-corrected chi connectivity index (χ1v) is 12.5. The van der Waals surface area contributed by atoms with E-state index in [0.29, 0.717) is 17.4 Å². The summed E-state index contributed by atoms with van der Waals surface area (Å²) in [7, 11) is -3.64. The highest BCUT2D eigenvalue weighted by molar-refractivity contribution is 7.89. The van der Waals surface area contributed by atoms with E-state index >= 15 is 0 Å². The first-order chi connectivity index (χ1) is 15.5. The zero-order chi connectivity index (χ0) is 22.7. The number of hydrogen-bond acceptors (Lipinski definition) is 4. The number of fused-ring (bicyclic) bond motifs is 3. The molecule has 0 bridgehead atoms. The largest absolute Gasteiger partial charge is 0.494 e. The first-order valence-electron chi connectivity index (χ1n) is 11.0. The van der Waals surface area contributed by atoms with E-state index in [0.717, 1.165) is 23.4 Å². The Labute approximate surface area is 191 Å². The van der Waals surface area contributed by atoms with Crippen LogP contribution in [-0.2, 0) is 10.0 Å². The first kappa shape index (κ1) is 22.4. The van der Waals surface area contributed by atoms with Crippen molar-refractivity contribution in [3.05, 3.63) is 91.1 Å². The van der Waals surface area contributed by atoms with Crippen molar-refractivity contribution in [3.8, 4) is 5.75 Å². The Morgan fingerprint density at radius 3 is 2.50 bits per heavy atom. The molecule has 3 atom stereocenters. The minimum absolute atomic E-state index is 0.152. The summed E-state index contributed by atoms with van der Waals surface area (Å²) in [5.74, 6) is 1.37. The maximum atomic E-state index is 13.2. The third-order valence-corrected chi connectivity index (χ3v) is 8.02. The van der Waals surface area contributed by atoms with Crippen LogP contribution in [0.1, 0.15) is 36.4 Å². The second-order valence-electron chi connectivity index (χ2n) is 8.13. The van der Waals surface area contributed by atoms with Crippen LogP contribution in [0.15, 0.2) is 84.8 Å². The Morgan fingerprint density at radius 1 is 1.12 bits per heavy atom. The van der Waals surface area contributed by atoms with Crippen molar-refractivity contribution in [1.29, 1.82) is 0 Å². The Balaban J connectivity index is 1.67. The van der Waals surface area contributed by atoms with Crippen LogP contribution in [0.25, 0.3) is 0 Å². The summed E-state index contributed by atoms with van der Waals surface area (Å²) >= 11 is 0. The second-order valence-corrected chi connectivity index (χ2v) is 10.1. The van der Waals surface area contributed by atoms with Gasteiger partial charge in [0, 0.05) is 24.7 Å². The fourth-order valence-electron chi connectivity index (χ4n) is 4.71. The van der Waals surface area contributed by atoms with Crippen molar-refractivity contribution in [2.75, 3.05) is 25.0 Å². The van der Waals surface area contributed by atoms with Crippen molar-refractivity contribution < 1.29 is 13.2 Å². The number of benzene rings is 2. The van der Waals surface area contributed by atoms with Crippen LogP contribution >= 0.6 is 0 Å². The monoisotopic (exact) mass is 450 g/mol. The van der Waals surface area contributed by atoms with Gasteiger partial charge in [0.1, 0.15) is 5.75 Å². The highest BCUT2D eigenvalue weighted by atomic mass is 32.2. The maximum absolute atomic E-state index is 13.2. The summed E-state index contributed by atoms with van der Waals surface area (Å²) < 4.78 is 33.5. The molecule has 0 spiro atoms. The standard InChI is InChI=1S/C26H30N2O3S/c1-4-16-28(17-5-2)32(29,30)21-14-15-25-24(18-21)22-8-7-9-23(22)26(27-25)19-10-12-20(13-11-19)31-6-3/h4-5,7-8,10-15,18,22-23,26-27H,1-2,6,9,16-17H2,3H3. The van der Waals surface area contributed by atoms with Gasteiger partial charge in [-0.3, -0.25) is 0 Å². The predicted octanol–water partition coefficient (Wildman–Crippen LogP) is 5.27. The smallest absolute Gasteiger partial charge is 0.243 e. The molecular formula is C26H30N2O3S. The van der Waals surface area contributed by atoms with Crippen LogP contribution in [0, 0.1) is 5.92 Å². The Kier molecular flexibility index (Phi) is 6.53. The van der Waals surface area contributed by atoms with Crippen LogP contribution in [0.3, 0.4) is 0 Å². The Hall–Kier alpha value is -2.83. The molecule has 2 aliphatic rings. The van der Waals surface area contributed by atoms with Crippen LogP contribution in [0.4, 0.5) is 5.69 Å². The average Bonchev–Trinajstić information content (AvgIpc) is 3.29. The number of nitrogens with one attached hydrogen (secondary N) is 1. The molecule has 0 aromatic heterocycles. The fourth-order valence-corrected chi connectivity index (χ4v) is 6.13. The third-order valence-electron chi connectivity index (χ3n) is 6.19. The van der Waals surface area contributed by atoms with Gasteiger partial charge < -0.3 is 10.1 Å². The number of anilines is 1. The van der Waals surface area contributed by atoms with E-state index in [1.54, 1.807) is 18.2 Å². The lowest BCUT2D eigenvalue weighted by Gasteiger charge is -2.38. The molecule has 0 amide bonds. The summed E-state index contributed by atoms with van der Waals surface area (Å²) in [6, 6.07) is 13.8. The highest BCUT2D eigenvalue weighted by Crippen LogP contribution is 2.50. The molecule has 1 aliphatic heterocycles. The SMILES string of the molecule is C=CCN(CC=C)S(=O)(=O)c1ccc2c(c1)C1C=CCC1C(c1ccc(OCC)cc1)N2. The summed E-state index contributed by atoms with van der Waals surface area (Å²) in [6.07, 6.45) is 8.56. The number of hydrogen-bond donors (Lipinski definition) is 1. The van der Waals surface area contributed by atoms with Gasteiger partial charge in [-0.1, -0.05) is 36.4 Å². The van der Waals surface area contributed by atoms with E-state index in [1.165, 1.54) is 9.87 Å².